The number of ether oxygens (including phenoxy) is 1. The predicted molar refractivity (Wildman–Crippen MR) is 72.3 cm³/mol. The Balaban J connectivity index is 2.21. The smallest absolute Gasteiger partial charge is 0.119 e. The number of rotatable bonds is 5. The normalized spacial score (nSPS) is 18.8. The largest absolute Gasteiger partial charge is 0.497 e. The van der Waals surface area contributed by atoms with Gasteiger partial charge in [-0.1, -0.05) is 22.9 Å². The molecular weight excluding hydrogens is 280 g/mol. The molecule has 1 aromatic rings. The van der Waals surface area contributed by atoms with Crippen LogP contribution in [0.5, 0.6) is 5.75 Å². The third-order valence-electron chi connectivity index (χ3n) is 3.77. The van der Waals surface area contributed by atoms with Gasteiger partial charge in [-0.2, -0.15) is 0 Å². The molecule has 1 aliphatic carbocycles. The van der Waals surface area contributed by atoms with Gasteiger partial charge in [0, 0.05) is 11.1 Å². The molecule has 1 fully saturated rings. The van der Waals surface area contributed by atoms with E-state index in [2.05, 4.69) is 28.9 Å². The molecule has 0 amide bonds. The van der Waals surface area contributed by atoms with Crippen molar-refractivity contribution < 1.29 is 9.84 Å². The Labute approximate surface area is 111 Å². The highest BCUT2D eigenvalue weighted by atomic mass is 79.9. The summed E-state index contributed by atoms with van der Waals surface area (Å²) in [5.74, 6) is 1.55. The van der Waals surface area contributed by atoms with E-state index in [0.29, 0.717) is 5.92 Å². The number of hydrogen-bond donors (Lipinski definition) is 1. The minimum Gasteiger partial charge on any atom is -0.497 e. The first-order chi connectivity index (χ1) is 8.09. The van der Waals surface area contributed by atoms with Crippen molar-refractivity contribution in [1.29, 1.82) is 0 Å². The minimum absolute atomic E-state index is 0.00881. The number of methoxy groups -OCH3 is 1. The van der Waals surface area contributed by atoms with E-state index in [0.717, 1.165) is 16.6 Å². The first-order valence-electron chi connectivity index (χ1n) is 6.02. The molecule has 1 saturated carbocycles. The van der Waals surface area contributed by atoms with Crippen LogP contribution in [0.4, 0.5) is 0 Å². The average molecular weight is 299 g/mol. The van der Waals surface area contributed by atoms with Crippen LogP contribution in [0, 0.1) is 11.3 Å². The fourth-order valence-electron chi connectivity index (χ4n) is 2.36. The summed E-state index contributed by atoms with van der Waals surface area (Å²) in [5, 5.41) is 9.63. The molecule has 0 bridgehead atoms. The SMILES string of the molecule is COc1ccc(Br)c(CC(C)(CO)C2CC2)c1. The molecule has 94 valence electrons. The van der Waals surface area contributed by atoms with Crippen LogP contribution in [0.3, 0.4) is 0 Å². The Morgan fingerprint density at radius 2 is 2.18 bits per heavy atom. The molecule has 0 radical (unpaired) electrons. The second-order valence-corrected chi connectivity index (χ2v) is 6.07. The molecule has 1 unspecified atom stereocenters. The number of aliphatic hydroxyl groups is 1. The summed E-state index contributed by atoms with van der Waals surface area (Å²) in [4.78, 5) is 0. The van der Waals surface area contributed by atoms with Crippen molar-refractivity contribution in [3.8, 4) is 5.75 Å². The molecule has 0 spiro atoms. The van der Waals surface area contributed by atoms with Crippen LogP contribution in [0.1, 0.15) is 25.3 Å². The van der Waals surface area contributed by atoms with Gasteiger partial charge in [0.15, 0.2) is 0 Å². The van der Waals surface area contributed by atoms with Gasteiger partial charge in [0.1, 0.15) is 5.75 Å². The van der Waals surface area contributed by atoms with Gasteiger partial charge in [-0.3, -0.25) is 0 Å². The standard InChI is InChI=1S/C14H19BrO2/c1-14(9-16,11-3-4-11)8-10-7-12(17-2)5-6-13(10)15/h5-7,11,16H,3-4,8-9H2,1-2H3. The van der Waals surface area contributed by atoms with Crippen molar-refractivity contribution in [3.63, 3.8) is 0 Å². The van der Waals surface area contributed by atoms with Crippen LogP contribution in [0.2, 0.25) is 0 Å². The maximum Gasteiger partial charge on any atom is 0.119 e. The first kappa shape index (κ1) is 12.9. The van der Waals surface area contributed by atoms with Crippen molar-refractivity contribution in [2.24, 2.45) is 11.3 Å². The van der Waals surface area contributed by atoms with E-state index in [9.17, 15) is 5.11 Å². The molecule has 2 rings (SSSR count). The van der Waals surface area contributed by atoms with Gasteiger partial charge in [0.25, 0.3) is 0 Å². The van der Waals surface area contributed by atoms with E-state index in [1.807, 2.05) is 12.1 Å². The lowest BCUT2D eigenvalue weighted by atomic mass is 9.80. The van der Waals surface area contributed by atoms with Crippen LogP contribution >= 0.6 is 15.9 Å². The Morgan fingerprint density at radius 1 is 1.47 bits per heavy atom. The van der Waals surface area contributed by atoms with E-state index in [1.54, 1.807) is 7.11 Å². The molecule has 0 heterocycles. The molecule has 0 aromatic heterocycles. The Kier molecular flexibility index (Phi) is 3.79. The summed E-state index contributed by atoms with van der Waals surface area (Å²) in [6.07, 6.45) is 3.39. The van der Waals surface area contributed by atoms with E-state index < -0.39 is 0 Å². The molecule has 0 aliphatic heterocycles. The highest BCUT2D eigenvalue weighted by molar-refractivity contribution is 9.10. The fourth-order valence-corrected chi connectivity index (χ4v) is 2.75. The minimum atomic E-state index is 0.00881. The number of hydrogen-bond acceptors (Lipinski definition) is 2. The maximum atomic E-state index is 9.63. The number of benzene rings is 1. The molecule has 2 nitrogen and oxygen atoms in total. The van der Waals surface area contributed by atoms with Gasteiger partial charge >= 0.3 is 0 Å². The highest BCUT2D eigenvalue weighted by Gasteiger charge is 2.41. The zero-order valence-electron chi connectivity index (χ0n) is 10.4. The van der Waals surface area contributed by atoms with Crippen molar-refractivity contribution in [3.05, 3.63) is 28.2 Å². The predicted octanol–water partition coefficient (Wildman–Crippen LogP) is 3.41. The lowest BCUT2D eigenvalue weighted by Gasteiger charge is -2.28. The van der Waals surface area contributed by atoms with E-state index in [1.165, 1.54) is 18.4 Å². The third-order valence-corrected chi connectivity index (χ3v) is 4.54. The number of aliphatic hydroxyl groups excluding tert-OH is 1. The van der Waals surface area contributed by atoms with Gasteiger partial charge in [-0.15, -0.1) is 0 Å². The monoisotopic (exact) mass is 298 g/mol. The van der Waals surface area contributed by atoms with E-state index >= 15 is 0 Å². The topological polar surface area (TPSA) is 29.5 Å². The van der Waals surface area contributed by atoms with Gasteiger partial charge in [-0.05, 0) is 54.4 Å². The highest BCUT2D eigenvalue weighted by Crippen LogP contribution is 2.47. The van der Waals surface area contributed by atoms with Crippen molar-refractivity contribution >= 4 is 15.9 Å². The van der Waals surface area contributed by atoms with Gasteiger partial charge in [0.2, 0.25) is 0 Å². The Morgan fingerprint density at radius 3 is 2.71 bits per heavy atom. The molecule has 17 heavy (non-hydrogen) atoms. The van der Waals surface area contributed by atoms with Crippen molar-refractivity contribution in [2.75, 3.05) is 13.7 Å². The number of halogens is 1. The summed E-state index contributed by atoms with van der Waals surface area (Å²) in [7, 11) is 1.68. The quantitative estimate of drug-likeness (QED) is 0.903. The molecule has 1 aromatic carbocycles. The summed E-state index contributed by atoms with van der Waals surface area (Å²) in [6, 6.07) is 6.01. The van der Waals surface area contributed by atoms with E-state index in [4.69, 9.17) is 4.74 Å². The maximum absolute atomic E-state index is 9.63. The molecule has 3 heteroatoms. The lowest BCUT2D eigenvalue weighted by molar-refractivity contribution is 0.119. The van der Waals surface area contributed by atoms with Crippen LogP contribution in [0.25, 0.3) is 0 Å². The molecule has 1 atom stereocenters. The summed E-state index contributed by atoms with van der Waals surface area (Å²) >= 11 is 3.57. The van der Waals surface area contributed by atoms with Crippen LogP contribution in [0.15, 0.2) is 22.7 Å². The summed E-state index contributed by atoms with van der Waals surface area (Å²) in [5.41, 5.74) is 1.22. The van der Waals surface area contributed by atoms with Crippen molar-refractivity contribution in [1.82, 2.24) is 0 Å². The average Bonchev–Trinajstić information content (AvgIpc) is 3.16. The molecule has 0 saturated heterocycles. The first-order valence-corrected chi connectivity index (χ1v) is 6.81. The van der Waals surface area contributed by atoms with Gasteiger partial charge in [0.05, 0.1) is 7.11 Å². The summed E-state index contributed by atoms with van der Waals surface area (Å²) in [6.45, 7) is 2.43. The van der Waals surface area contributed by atoms with Gasteiger partial charge < -0.3 is 9.84 Å². The molecule has 1 aliphatic rings. The van der Waals surface area contributed by atoms with Crippen LogP contribution in [-0.2, 0) is 6.42 Å². The van der Waals surface area contributed by atoms with Crippen LogP contribution in [-0.4, -0.2) is 18.8 Å². The molecular formula is C14H19BrO2. The lowest BCUT2D eigenvalue weighted by Crippen LogP contribution is -2.27. The molecule has 1 N–H and O–H groups in total. The zero-order chi connectivity index (χ0) is 12.5. The van der Waals surface area contributed by atoms with Crippen molar-refractivity contribution in [2.45, 2.75) is 26.2 Å². The second-order valence-electron chi connectivity index (χ2n) is 5.22. The second kappa shape index (κ2) is 4.99. The summed E-state index contributed by atoms with van der Waals surface area (Å²) < 4.78 is 6.35. The fraction of sp³-hybridized carbons (Fsp3) is 0.571. The third kappa shape index (κ3) is 2.83. The Hall–Kier alpha value is -0.540. The van der Waals surface area contributed by atoms with Gasteiger partial charge in [-0.25, -0.2) is 0 Å². The zero-order valence-corrected chi connectivity index (χ0v) is 12.0. The Bertz CT molecular complexity index is 401. The van der Waals surface area contributed by atoms with E-state index in [-0.39, 0.29) is 12.0 Å². The van der Waals surface area contributed by atoms with Crippen LogP contribution < -0.4 is 4.74 Å².